The van der Waals surface area contributed by atoms with Crippen LogP contribution in [0.4, 0.5) is 0 Å². The number of benzene rings is 2. The lowest BCUT2D eigenvalue weighted by Gasteiger charge is -2.02. The Morgan fingerprint density at radius 3 is 2.44 bits per heavy atom. The van der Waals surface area contributed by atoms with E-state index in [1.807, 2.05) is 29.1 Å². The van der Waals surface area contributed by atoms with Gasteiger partial charge in [0.15, 0.2) is 0 Å². The molecule has 4 rings (SSSR count). The van der Waals surface area contributed by atoms with Crippen LogP contribution in [-0.4, -0.2) is 26.1 Å². The SMILES string of the molecule is CCc1cc(-c2ccc(-n3cc4ccccc4n3)cc2)n[nH]1.O=C=O. The summed E-state index contributed by atoms with van der Waals surface area (Å²) >= 11 is 0. The molecule has 0 atom stereocenters. The van der Waals surface area contributed by atoms with E-state index in [-0.39, 0.29) is 6.15 Å². The van der Waals surface area contributed by atoms with Crippen LogP contribution < -0.4 is 0 Å². The van der Waals surface area contributed by atoms with Crippen LogP contribution in [0.3, 0.4) is 0 Å². The Kier molecular flexibility index (Phi) is 4.83. The molecule has 2 aromatic carbocycles. The predicted octanol–water partition coefficient (Wildman–Crippen LogP) is 3.39. The first kappa shape index (κ1) is 16.4. The van der Waals surface area contributed by atoms with Crippen molar-refractivity contribution in [3.63, 3.8) is 0 Å². The summed E-state index contributed by atoms with van der Waals surface area (Å²) < 4.78 is 1.91. The van der Waals surface area contributed by atoms with Crippen LogP contribution in [0.2, 0.25) is 0 Å². The molecule has 0 aliphatic heterocycles. The van der Waals surface area contributed by atoms with Gasteiger partial charge in [-0.05, 0) is 30.7 Å². The first-order valence-electron chi connectivity index (χ1n) is 7.84. The number of carbonyl (C=O) groups excluding carboxylic acids is 2. The van der Waals surface area contributed by atoms with Gasteiger partial charge in [-0.25, -0.2) is 4.68 Å². The molecule has 0 aliphatic rings. The van der Waals surface area contributed by atoms with Gasteiger partial charge >= 0.3 is 6.15 Å². The fourth-order valence-electron chi connectivity index (χ4n) is 2.57. The van der Waals surface area contributed by atoms with Gasteiger partial charge in [0.25, 0.3) is 0 Å². The summed E-state index contributed by atoms with van der Waals surface area (Å²) in [5.74, 6) is 0. The molecule has 2 aromatic heterocycles. The van der Waals surface area contributed by atoms with Gasteiger partial charge in [-0.1, -0.05) is 37.3 Å². The van der Waals surface area contributed by atoms with Crippen molar-refractivity contribution in [1.29, 1.82) is 0 Å². The summed E-state index contributed by atoms with van der Waals surface area (Å²) in [6, 6.07) is 18.5. The van der Waals surface area contributed by atoms with E-state index in [1.165, 1.54) is 0 Å². The average molecular weight is 332 g/mol. The van der Waals surface area contributed by atoms with Gasteiger partial charge in [0.05, 0.1) is 16.9 Å². The summed E-state index contributed by atoms with van der Waals surface area (Å²) in [6.07, 6.45) is 3.26. The Balaban J connectivity index is 0.000000569. The number of aromatic amines is 1. The molecule has 0 radical (unpaired) electrons. The zero-order valence-electron chi connectivity index (χ0n) is 13.6. The molecule has 1 N–H and O–H groups in total. The van der Waals surface area contributed by atoms with Gasteiger partial charge in [-0.2, -0.15) is 19.8 Å². The quantitative estimate of drug-likeness (QED) is 0.623. The van der Waals surface area contributed by atoms with Crippen molar-refractivity contribution >= 4 is 17.1 Å². The molecule has 0 unspecified atom stereocenters. The van der Waals surface area contributed by atoms with Crippen molar-refractivity contribution in [3.8, 4) is 16.9 Å². The first-order chi connectivity index (χ1) is 12.2. The van der Waals surface area contributed by atoms with Crippen LogP contribution in [0, 0.1) is 0 Å². The van der Waals surface area contributed by atoms with E-state index in [0.717, 1.165) is 40.0 Å². The average Bonchev–Trinajstić information content (AvgIpc) is 3.29. The third-order valence-corrected chi connectivity index (χ3v) is 3.85. The monoisotopic (exact) mass is 332 g/mol. The molecular formula is C19H16N4O2. The fourth-order valence-corrected chi connectivity index (χ4v) is 2.57. The topological polar surface area (TPSA) is 80.6 Å². The summed E-state index contributed by atoms with van der Waals surface area (Å²) in [7, 11) is 0. The van der Waals surface area contributed by atoms with E-state index in [4.69, 9.17) is 9.59 Å². The summed E-state index contributed by atoms with van der Waals surface area (Å²) in [6.45, 7) is 2.11. The molecule has 25 heavy (non-hydrogen) atoms. The molecule has 6 nitrogen and oxygen atoms in total. The highest BCUT2D eigenvalue weighted by molar-refractivity contribution is 5.78. The Bertz CT molecular complexity index is 976. The molecule has 0 bridgehead atoms. The van der Waals surface area contributed by atoms with Crippen LogP contribution in [0.15, 0.2) is 60.8 Å². The van der Waals surface area contributed by atoms with Crippen molar-refractivity contribution in [3.05, 3.63) is 66.5 Å². The number of fused-ring (bicyclic) bond motifs is 1. The van der Waals surface area contributed by atoms with Gasteiger partial charge < -0.3 is 0 Å². The lowest BCUT2D eigenvalue weighted by Crippen LogP contribution is -1.93. The number of nitrogens with one attached hydrogen (secondary N) is 1. The molecule has 4 aromatic rings. The van der Waals surface area contributed by atoms with Gasteiger partial charge in [-0.3, -0.25) is 5.10 Å². The van der Waals surface area contributed by atoms with E-state index in [2.05, 4.69) is 58.6 Å². The lowest BCUT2D eigenvalue weighted by molar-refractivity contribution is -0.191. The molecule has 0 aliphatic carbocycles. The number of hydrogen-bond donors (Lipinski definition) is 1. The van der Waals surface area contributed by atoms with E-state index >= 15 is 0 Å². The highest BCUT2D eigenvalue weighted by Crippen LogP contribution is 2.21. The third-order valence-electron chi connectivity index (χ3n) is 3.85. The molecule has 124 valence electrons. The number of hydrogen-bond acceptors (Lipinski definition) is 4. The molecule has 0 saturated carbocycles. The minimum absolute atomic E-state index is 0.250. The Hall–Kier alpha value is -3.50. The summed E-state index contributed by atoms with van der Waals surface area (Å²) in [4.78, 5) is 16.2. The molecule has 2 heterocycles. The highest BCUT2D eigenvalue weighted by Gasteiger charge is 2.05. The van der Waals surface area contributed by atoms with Crippen molar-refractivity contribution < 1.29 is 9.59 Å². The third kappa shape index (κ3) is 3.54. The number of H-pyrrole nitrogens is 1. The predicted molar refractivity (Wildman–Crippen MR) is 93.0 cm³/mol. The number of aryl methyl sites for hydroxylation is 1. The van der Waals surface area contributed by atoms with Crippen LogP contribution in [0.5, 0.6) is 0 Å². The molecule has 0 saturated heterocycles. The minimum Gasteiger partial charge on any atom is -0.282 e. The fraction of sp³-hybridized carbons (Fsp3) is 0.105. The smallest absolute Gasteiger partial charge is 0.282 e. The first-order valence-corrected chi connectivity index (χ1v) is 7.84. The second-order valence-corrected chi connectivity index (χ2v) is 5.39. The zero-order valence-corrected chi connectivity index (χ0v) is 13.6. The summed E-state index contributed by atoms with van der Waals surface area (Å²) in [5.41, 5.74) is 5.29. The van der Waals surface area contributed by atoms with Gasteiger partial charge in [-0.15, -0.1) is 0 Å². The molecule has 0 amide bonds. The van der Waals surface area contributed by atoms with E-state index in [9.17, 15) is 0 Å². The number of nitrogens with zero attached hydrogens (tertiary/aromatic N) is 3. The largest absolute Gasteiger partial charge is 0.373 e. The Morgan fingerprint density at radius 2 is 1.80 bits per heavy atom. The Morgan fingerprint density at radius 1 is 1.08 bits per heavy atom. The normalized spacial score (nSPS) is 10.1. The van der Waals surface area contributed by atoms with Crippen molar-refractivity contribution in [2.75, 3.05) is 0 Å². The van der Waals surface area contributed by atoms with Crippen molar-refractivity contribution in [1.82, 2.24) is 20.0 Å². The van der Waals surface area contributed by atoms with Crippen LogP contribution in [0.1, 0.15) is 12.6 Å². The van der Waals surface area contributed by atoms with Crippen molar-refractivity contribution in [2.45, 2.75) is 13.3 Å². The molecule has 6 heteroatoms. The van der Waals surface area contributed by atoms with E-state index in [1.54, 1.807) is 0 Å². The van der Waals surface area contributed by atoms with Crippen LogP contribution >= 0.6 is 0 Å². The Labute approximate surface area is 144 Å². The minimum atomic E-state index is 0.250. The number of rotatable bonds is 3. The van der Waals surface area contributed by atoms with Gasteiger partial charge in [0.2, 0.25) is 0 Å². The van der Waals surface area contributed by atoms with Crippen molar-refractivity contribution in [2.24, 2.45) is 0 Å². The van der Waals surface area contributed by atoms with E-state index in [0.29, 0.717) is 0 Å². The van der Waals surface area contributed by atoms with E-state index < -0.39 is 0 Å². The second kappa shape index (κ2) is 7.38. The van der Waals surface area contributed by atoms with Crippen LogP contribution in [0.25, 0.3) is 27.8 Å². The maximum absolute atomic E-state index is 8.12. The molecular weight excluding hydrogens is 316 g/mol. The molecule has 0 fully saturated rings. The zero-order chi connectivity index (χ0) is 17.6. The van der Waals surface area contributed by atoms with Gasteiger partial charge in [0.1, 0.15) is 0 Å². The standard InChI is InChI=1S/C18H16N4.CO2/c1-2-15-11-18(20-19-15)13-7-9-16(10-8-13)22-12-14-5-3-4-6-17(14)21-22;2-1-3/h3-12H,2H2,1H3,(H,19,20);. The number of aromatic nitrogens is 4. The molecule has 0 spiro atoms. The maximum atomic E-state index is 8.12. The second-order valence-electron chi connectivity index (χ2n) is 5.39. The van der Waals surface area contributed by atoms with Gasteiger partial charge in [0, 0.05) is 22.8 Å². The highest BCUT2D eigenvalue weighted by atomic mass is 16.2. The maximum Gasteiger partial charge on any atom is 0.373 e. The summed E-state index contributed by atoms with van der Waals surface area (Å²) in [5, 5.41) is 13.1. The van der Waals surface area contributed by atoms with Crippen LogP contribution in [-0.2, 0) is 16.0 Å². The lowest BCUT2D eigenvalue weighted by atomic mass is 10.1.